The second kappa shape index (κ2) is 4.74. The molecule has 1 aromatic heterocycles. The molecule has 0 saturated heterocycles. The van der Waals surface area contributed by atoms with Crippen LogP contribution in [0.1, 0.15) is 17.0 Å². The minimum Gasteiger partial charge on any atom is -0.411 e. The number of hydrogen-bond acceptors (Lipinski definition) is 6. The van der Waals surface area contributed by atoms with Crippen molar-refractivity contribution in [3.05, 3.63) is 60.9 Å². The molecule has 2 atom stereocenters. The predicted octanol–water partition coefficient (Wildman–Crippen LogP) is 1.13. The Morgan fingerprint density at radius 2 is 2.05 bits per heavy atom. The molecule has 3 rings (SSSR count). The third-order valence-electron chi connectivity index (χ3n) is 3.20. The monoisotopic (exact) mass is 308 g/mol. The van der Waals surface area contributed by atoms with E-state index in [9.17, 15) is 14.9 Å². The summed E-state index contributed by atoms with van der Waals surface area (Å²) in [6.07, 6.45) is -1.43. The summed E-state index contributed by atoms with van der Waals surface area (Å²) in [5.41, 5.74) is 5.50. The second-order valence-electron chi connectivity index (χ2n) is 4.49. The van der Waals surface area contributed by atoms with E-state index in [1.807, 2.05) is 0 Å². The van der Waals surface area contributed by atoms with Crippen LogP contribution in [0.2, 0.25) is 5.02 Å². The van der Waals surface area contributed by atoms with Crippen molar-refractivity contribution in [3.8, 4) is 5.88 Å². The van der Waals surface area contributed by atoms with Gasteiger partial charge in [0.05, 0.1) is 10.5 Å². The maximum absolute atomic E-state index is 12.0. The number of benzene rings is 1. The molecular formula is C12H9ClN4O4. The smallest absolute Gasteiger partial charge is 0.366 e. The van der Waals surface area contributed by atoms with Crippen LogP contribution < -0.4 is 16.0 Å². The lowest BCUT2D eigenvalue weighted by molar-refractivity contribution is -0.562. The summed E-state index contributed by atoms with van der Waals surface area (Å²) in [4.78, 5) is 28.8. The van der Waals surface area contributed by atoms with E-state index in [0.717, 1.165) is 0 Å². The van der Waals surface area contributed by atoms with Gasteiger partial charge in [-0.25, -0.2) is 0 Å². The Morgan fingerprint density at radius 3 is 2.67 bits per heavy atom. The Bertz CT molecular complexity index is 774. The molecule has 0 saturated carbocycles. The molecule has 0 bridgehead atoms. The molecule has 2 aromatic rings. The van der Waals surface area contributed by atoms with Gasteiger partial charge in [0.2, 0.25) is 11.8 Å². The van der Waals surface area contributed by atoms with Crippen molar-refractivity contribution in [2.75, 3.05) is 5.73 Å². The normalized spacial score (nSPS) is 19.9. The molecule has 9 heteroatoms. The molecule has 0 amide bonds. The first-order valence-electron chi connectivity index (χ1n) is 5.92. The number of rotatable bonds is 2. The van der Waals surface area contributed by atoms with Crippen LogP contribution in [0.4, 0.5) is 5.95 Å². The van der Waals surface area contributed by atoms with E-state index in [1.54, 1.807) is 24.3 Å². The number of nitrogen functional groups attached to an aromatic ring is 1. The van der Waals surface area contributed by atoms with Crippen LogP contribution >= 0.6 is 11.6 Å². The van der Waals surface area contributed by atoms with Crippen LogP contribution in [0.15, 0.2) is 29.1 Å². The van der Waals surface area contributed by atoms with Gasteiger partial charge in [-0.2, -0.15) is 4.98 Å². The first kappa shape index (κ1) is 13.4. The van der Waals surface area contributed by atoms with E-state index in [-0.39, 0.29) is 17.4 Å². The number of ether oxygens (including phenoxy) is 1. The SMILES string of the molecule is Nc1nc2c(c(=O)[nH]1)[C@@H](c1ccc(Cl)cc1)[C@H]([N+](=O)[O-])O2. The summed E-state index contributed by atoms with van der Waals surface area (Å²) >= 11 is 5.81. The first-order chi connectivity index (χ1) is 9.97. The fourth-order valence-corrected chi connectivity index (χ4v) is 2.46. The quantitative estimate of drug-likeness (QED) is 0.633. The third kappa shape index (κ3) is 2.19. The van der Waals surface area contributed by atoms with Gasteiger partial charge in [-0.05, 0) is 17.7 Å². The molecule has 21 heavy (non-hydrogen) atoms. The van der Waals surface area contributed by atoms with Gasteiger partial charge in [0.25, 0.3) is 5.56 Å². The molecule has 2 heterocycles. The van der Waals surface area contributed by atoms with Crippen LogP contribution in [0, 0.1) is 10.1 Å². The zero-order valence-electron chi connectivity index (χ0n) is 10.4. The number of aromatic amines is 1. The highest BCUT2D eigenvalue weighted by Crippen LogP contribution is 2.39. The van der Waals surface area contributed by atoms with Gasteiger partial charge in [-0.1, -0.05) is 23.7 Å². The second-order valence-corrected chi connectivity index (χ2v) is 4.93. The molecular weight excluding hydrogens is 300 g/mol. The van der Waals surface area contributed by atoms with Gasteiger partial charge >= 0.3 is 6.23 Å². The molecule has 108 valence electrons. The minimum atomic E-state index is -1.43. The summed E-state index contributed by atoms with van der Waals surface area (Å²) in [6.45, 7) is 0. The van der Waals surface area contributed by atoms with Crippen LogP contribution in [0.25, 0.3) is 0 Å². The maximum Gasteiger partial charge on any atom is 0.366 e. The number of hydrogen-bond donors (Lipinski definition) is 2. The number of nitrogens with zero attached hydrogens (tertiary/aromatic N) is 2. The highest BCUT2D eigenvalue weighted by atomic mass is 35.5. The van der Waals surface area contributed by atoms with E-state index in [4.69, 9.17) is 22.1 Å². The molecule has 0 aliphatic carbocycles. The summed E-state index contributed by atoms with van der Waals surface area (Å²) in [6, 6.07) is 6.39. The molecule has 3 N–H and O–H groups in total. The minimum absolute atomic E-state index is 0.0909. The van der Waals surface area contributed by atoms with Crippen LogP contribution in [0.5, 0.6) is 5.88 Å². The summed E-state index contributed by atoms with van der Waals surface area (Å²) < 4.78 is 5.18. The standard InChI is InChI=1S/C12H9ClN4O4/c13-6-3-1-5(2-4-6)7-8-9(18)15-12(14)16-10(8)21-11(7)17(19)20/h1-4,7,11H,(H3,14,15,16,18)/t7-,11-/m1/s1. The van der Waals surface area contributed by atoms with Crippen molar-refractivity contribution >= 4 is 17.5 Å². The highest BCUT2D eigenvalue weighted by Gasteiger charge is 2.47. The molecule has 0 radical (unpaired) electrons. The lowest BCUT2D eigenvalue weighted by Crippen LogP contribution is -2.30. The number of anilines is 1. The van der Waals surface area contributed by atoms with Crippen molar-refractivity contribution in [3.63, 3.8) is 0 Å². The van der Waals surface area contributed by atoms with Gasteiger partial charge in [0.1, 0.15) is 5.92 Å². The molecule has 0 fully saturated rings. The lowest BCUT2D eigenvalue weighted by Gasteiger charge is -2.11. The van der Waals surface area contributed by atoms with E-state index >= 15 is 0 Å². The summed E-state index contributed by atoms with van der Waals surface area (Å²) in [5, 5.41) is 11.7. The predicted molar refractivity (Wildman–Crippen MR) is 74.0 cm³/mol. The molecule has 0 spiro atoms. The first-order valence-corrected chi connectivity index (χ1v) is 6.30. The number of aromatic nitrogens is 2. The third-order valence-corrected chi connectivity index (χ3v) is 3.46. The number of nitrogens with two attached hydrogens (primary N) is 1. The van der Waals surface area contributed by atoms with Gasteiger partial charge < -0.3 is 10.5 Å². The molecule has 1 aromatic carbocycles. The number of nitrogens with one attached hydrogen (secondary N) is 1. The fourth-order valence-electron chi connectivity index (χ4n) is 2.33. The van der Waals surface area contributed by atoms with E-state index < -0.39 is 22.6 Å². The van der Waals surface area contributed by atoms with Crippen molar-refractivity contribution in [2.45, 2.75) is 12.1 Å². The van der Waals surface area contributed by atoms with Crippen molar-refractivity contribution < 1.29 is 9.66 Å². The zero-order chi connectivity index (χ0) is 15.1. The molecule has 8 nitrogen and oxygen atoms in total. The van der Waals surface area contributed by atoms with Gasteiger partial charge in [-0.3, -0.25) is 19.9 Å². The van der Waals surface area contributed by atoms with Crippen molar-refractivity contribution in [2.24, 2.45) is 0 Å². The van der Waals surface area contributed by atoms with Gasteiger partial charge in [-0.15, -0.1) is 0 Å². The topological polar surface area (TPSA) is 124 Å². The summed E-state index contributed by atoms with van der Waals surface area (Å²) in [5.74, 6) is -1.14. The van der Waals surface area contributed by atoms with E-state index in [1.165, 1.54) is 0 Å². The number of fused-ring (bicyclic) bond motifs is 1. The number of halogens is 1. The maximum atomic E-state index is 12.0. The summed E-state index contributed by atoms with van der Waals surface area (Å²) in [7, 11) is 0. The van der Waals surface area contributed by atoms with Crippen molar-refractivity contribution in [1.82, 2.24) is 9.97 Å². The molecule has 1 aliphatic rings. The molecule has 0 unspecified atom stereocenters. The average Bonchev–Trinajstić information content (AvgIpc) is 2.79. The largest absolute Gasteiger partial charge is 0.411 e. The Morgan fingerprint density at radius 1 is 1.38 bits per heavy atom. The Hall–Kier alpha value is -2.61. The van der Waals surface area contributed by atoms with Crippen LogP contribution in [-0.2, 0) is 0 Å². The number of H-pyrrole nitrogens is 1. The Kier molecular flexibility index (Phi) is 3.02. The van der Waals surface area contributed by atoms with E-state index in [2.05, 4.69) is 9.97 Å². The van der Waals surface area contributed by atoms with Crippen LogP contribution in [0.3, 0.4) is 0 Å². The lowest BCUT2D eigenvalue weighted by atomic mass is 9.93. The van der Waals surface area contributed by atoms with Gasteiger partial charge in [0, 0.05) is 5.02 Å². The fraction of sp³-hybridized carbons (Fsp3) is 0.167. The van der Waals surface area contributed by atoms with Gasteiger partial charge in [0.15, 0.2) is 0 Å². The van der Waals surface area contributed by atoms with E-state index in [0.29, 0.717) is 10.6 Å². The Labute approximate surface area is 122 Å². The Balaban J connectivity index is 2.19. The average molecular weight is 309 g/mol. The number of nitro groups is 1. The van der Waals surface area contributed by atoms with Crippen molar-refractivity contribution in [1.29, 1.82) is 0 Å². The van der Waals surface area contributed by atoms with Crippen LogP contribution in [-0.4, -0.2) is 21.1 Å². The zero-order valence-corrected chi connectivity index (χ0v) is 11.2. The molecule has 1 aliphatic heterocycles. The highest BCUT2D eigenvalue weighted by molar-refractivity contribution is 6.30.